The summed E-state index contributed by atoms with van der Waals surface area (Å²) >= 11 is 0. The molecule has 2 unspecified atom stereocenters. The normalized spacial score (nSPS) is 31.0. The van der Waals surface area contributed by atoms with Crippen LogP contribution in [0.25, 0.3) is 0 Å². The van der Waals surface area contributed by atoms with Gasteiger partial charge in [-0.05, 0) is 31.2 Å². The van der Waals surface area contributed by atoms with E-state index in [-0.39, 0.29) is 0 Å². The van der Waals surface area contributed by atoms with E-state index in [0.717, 1.165) is 17.9 Å². The molecule has 1 rings (SSSR count). The molecule has 72 valence electrons. The molecule has 1 heteroatoms. The van der Waals surface area contributed by atoms with Gasteiger partial charge in [0.25, 0.3) is 0 Å². The minimum Gasteiger partial charge on any atom is -0.313 e. The van der Waals surface area contributed by atoms with E-state index in [9.17, 15) is 0 Å². The Morgan fingerprint density at radius 2 is 2.00 bits per heavy atom. The van der Waals surface area contributed by atoms with Gasteiger partial charge in [-0.1, -0.05) is 33.6 Å². The van der Waals surface area contributed by atoms with E-state index in [1.807, 2.05) is 0 Å². The highest BCUT2D eigenvalue weighted by atomic mass is 14.9. The van der Waals surface area contributed by atoms with Crippen LogP contribution in [-0.2, 0) is 0 Å². The number of rotatable bonds is 3. The molecule has 1 N–H and O–H groups in total. The summed E-state index contributed by atoms with van der Waals surface area (Å²) in [5.41, 5.74) is 0. The molecule has 0 amide bonds. The van der Waals surface area contributed by atoms with Gasteiger partial charge >= 0.3 is 0 Å². The Morgan fingerprint density at radius 3 is 2.50 bits per heavy atom. The van der Waals surface area contributed by atoms with Gasteiger partial charge in [0.2, 0.25) is 0 Å². The van der Waals surface area contributed by atoms with Crippen molar-refractivity contribution in [2.45, 2.75) is 52.5 Å². The van der Waals surface area contributed by atoms with Crippen molar-refractivity contribution in [1.82, 2.24) is 5.32 Å². The van der Waals surface area contributed by atoms with Gasteiger partial charge in [-0.25, -0.2) is 0 Å². The van der Waals surface area contributed by atoms with Gasteiger partial charge in [-0.15, -0.1) is 0 Å². The van der Waals surface area contributed by atoms with Crippen molar-refractivity contribution >= 4 is 0 Å². The van der Waals surface area contributed by atoms with Crippen molar-refractivity contribution in [1.29, 1.82) is 0 Å². The SMILES string of the molecule is CCC(CC)C1NCCCC1C. The van der Waals surface area contributed by atoms with Gasteiger partial charge in [0.1, 0.15) is 0 Å². The van der Waals surface area contributed by atoms with Crippen LogP contribution in [-0.4, -0.2) is 12.6 Å². The average molecular weight is 169 g/mol. The molecule has 0 aliphatic carbocycles. The fourth-order valence-corrected chi connectivity index (χ4v) is 2.50. The Labute approximate surface area is 76.9 Å². The fraction of sp³-hybridized carbons (Fsp3) is 1.00. The van der Waals surface area contributed by atoms with Crippen LogP contribution in [0.2, 0.25) is 0 Å². The molecule has 0 bridgehead atoms. The third-order valence-corrected chi connectivity index (χ3v) is 3.39. The predicted octanol–water partition coefficient (Wildman–Crippen LogP) is 2.81. The zero-order chi connectivity index (χ0) is 8.97. The average Bonchev–Trinajstić information content (AvgIpc) is 2.10. The number of nitrogens with one attached hydrogen (secondary N) is 1. The number of piperidine rings is 1. The number of hydrogen-bond donors (Lipinski definition) is 1. The van der Waals surface area contributed by atoms with Crippen molar-refractivity contribution in [3.63, 3.8) is 0 Å². The van der Waals surface area contributed by atoms with Gasteiger partial charge < -0.3 is 5.32 Å². The van der Waals surface area contributed by atoms with Crippen LogP contribution in [0.3, 0.4) is 0 Å². The van der Waals surface area contributed by atoms with Crippen LogP contribution in [0, 0.1) is 11.8 Å². The highest BCUT2D eigenvalue weighted by molar-refractivity contribution is 4.83. The Bertz CT molecular complexity index is 118. The quantitative estimate of drug-likeness (QED) is 0.685. The maximum atomic E-state index is 3.67. The van der Waals surface area contributed by atoms with E-state index in [1.165, 1.54) is 32.2 Å². The largest absolute Gasteiger partial charge is 0.313 e. The summed E-state index contributed by atoms with van der Waals surface area (Å²) < 4.78 is 0. The first-order chi connectivity index (χ1) is 5.79. The third kappa shape index (κ3) is 2.22. The topological polar surface area (TPSA) is 12.0 Å². The van der Waals surface area contributed by atoms with E-state index >= 15 is 0 Å². The molecule has 1 saturated heterocycles. The molecule has 0 aromatic carbocycles. The summed E-state index contributed by atoms with van der Waals surface area (Å²) in [4.78, 5) is 0. The molecule has 1 fully saturated rings. The second-order valence-corrected chi connectivity index (χ2v) is 4.18. The monoisotopic (exact) mass is 169 g/mol. The first-order valence-electron chi connectivity index (χ1n) is 5.53. The van der Waals surface area contributed by atoms with Crippen molar-refractivity contribution in [2.75, 3.05) is 6.54 Å². The van der Waals surface area contributed by atoms with Crippen LogP contribution in [0.5, 0.6) is 0 Å². The molecule has 0 aromatic heterocycles. The van der Waals surface area contributed by atoms with Crippen molar-refractivity contribution in [3.05, 3.63) is 0 Å². The summed E-state index contributed by atoms with van der Waals surface area (Å²) in [7, 11) is 0. The lowest BCUT2D eigenvalue weighted by Gasteiger charge is -2.35. The first-order valence-corrected chi connectivity index (χ1v) is 5.53. The zero-order valence-electron chi connectivity index (χ0n) is 8.77. The lowest BCUT2D eigenvalue weighted by molar-refractivity contribution is 0.212. The van der Waals surface area contributed by atoms with Crippen LogP contribution in [0.4, 0.5) is 0 Å². The van der Waals surface area contributed by atoms with E-state index in [0.29, 0.717) is 0 Å². The van der Waals surface area contributed by atoms with Crippen molar-refractivity contribution in [2.24, 2.45) is 11.8 Å². The highest BCUT2D eigenvalue weighted by Gasteiger charge is 2.26. The smallest absolute Gasteiger partial charge is 0.0121 e. The fourth-order valence-electron chi connectivity index (χ4n) is 2.50. The second-order valence-electron chi connectivity index (χ2n) is 4.18. The van der Waals surface area contributed by atoms with Crippen LogP contribution >= 0.6 is 0 Å². The molecule has 1 aliphatic rings. The van der Waals surface area contributed by atoms with Crippen molar-refractivity contribution in [3.8, 4) is 0 Å². The Hall–Kier alpha value is -0.0400. The summed E-state index contributed by atoms with van der Waals surface area (Å²) in [6.45, 7) is 8.27. The third-order valence-electron chi connectivity index (χ3n) is 3.39. The number of hydrogen-bond acceptors (Lipinski definition) is 1. The van der Waals surface area contributed by atoms with Gasteiger partial charge in [0.05, 0.1) is 0 Å². The summed E-state index contributed by atoms with van der Waals surface area (Å²) in [6.07, 6.45) is 5.46. The summed E-state index contributed by atoms with van der Waals surface area (Å²) in [5.74, 6) is 1.80. The van der Waals surface area contributed by atoms with Crippen LogP contribution in [0.1, 0.15) is 46.5 Å². The van der Waals surface area contributed by atoms with Gasteiger partial charge in [-0.3, -0.25) is 0 Å². The minimum absolute atomic E-state index is 0.800. The van der Waals surface area contributed by atoms with Crippen LogP contribution < -0.4 is 5.32 Å². The molecule has 2 atom stereocenters. The maximum Gasteiger partial charge on any atom is 0.0121 e. The van der Waals surface area contributed by atoms with E-state index < -0.39 is 0 Å². The van der Waals surface area contributed by atoms with Crippen molar-refractivity contribution < 1.29 is 0 Å². The maximum absolute atomic E-state index is 3.67. The highest BCUT2D eigenvalue weighted by Crippen LogP contribution is 2.25. The minimum atomic E-state index is 0.800. The molecule has 0 radical (unpaired) electrons. The summed E-state index contributed by atoms with van der Waals surface area (Å²) in [5, 5.41) is 3.67. The molecular weight excluding hydrogens is 146 g/mol. The summed E-state index contributed by atoms with van der Waals surface area (Å²) in [6, 6.07) is 0.800. The molecular formula is C11H23N. The first kappa shape index (κ1) is 10.0. The lowest BCUT2D eigenvalue weighted by atomic mass is 9.81. The predicted molar refractivity (Wildman–Crippen MR) is 54.3 cm³/mol. The van der Waals surface area contributed by atoms with Gasteiger partial charge in [0.15, 0.2) is 0 Å². The van der Waals surface area contributed by atoms with E-state index in [1.54, 1.807) is 0 Å². The van der Waals surface area contributed by atoms with Gasteiger partial charge in [0, 0.05) is 6.04 Å². The Morgan fingerprint density at radius 1 is 1.33 bits per heavy atom. The van der Waals surface area contributed by atoms with Crippen LogP contribution in [0.15, 0.2) is 0 Å². The van der Waals surface area contributed by atoms with E-state index in [4.69, 9.17) is 0 Å². The molecule has 1 heterocycles. The Balaban J connectivity index is 2.45. The second kappa shape index (κ2) is 4.86. The van der Waals surface area contributed by atoms with Gasteiger partial charge in [-0.2, -0.15) is 0 Å². The molecule has 0 spiro atoms. The van der Waals surface area contributed by atoms with E-state index in [2.05, 4.69) is 26.1 Å². The molecule has 12 heavy (non-hydrogen) atoms. The standard InChI is InChI=1S/C11H23N/c1-4-10(5-2)11-9(3)7-6-8-12-11/h9-12H,4-8H2,1-3H3. The Kier molecular flexibility index (Phi) is 4.07. The lowest BCUT2D eigenvalue weighted by Crippen LogP contribution is -2.44. The molecule has 0 aromatic rings. The molecule has 0 saturated carbocycles. The zero-order valence-corrected chi connectivity index (χ0v) is 8.77. The molecule has 1 aliphatic heterocycles. The molecule has 1 nitrogen and oxygen atoms in total.